The van der Waals surface area contributed by atoms with Crippen molar-refractivity contribution in [3.05, 3.63) is 48.6 Å². The molecule has 1 unspecified atom stereocenters. The Hall–Kier alpha value is -2.18. The Kier molecular flexibility index (Phi) is 19.6. The van der Waals surface area contributed by atoms with Gasteiger partial charge in [0, 0.05) is 6.42 Å². The molecule has 0 heterocycles. The number of carbonyl (C=O) groups is 2. The molecule has 0 aliphatic carbocycles. The topological polar surface area (TPSA) is 116 Å². The molecule has 0 aromatic rings. The summed E-state index contributed by atoms with van der Waals surface area (Å²) in [5.74, 6) is -1.10. The molecule has 0 saturated carbocycles. The van der Waals surface area contributed by atoms with Gasteiger partial charge in [-0.15, -0.1) is 0 Å². The number of allylic oxidation sites excluding steroid dienone is 7. The van der Waals surface area contributed by atoms with E-state index in [-0.39, 0.29) is 18.5 Å². The van der Waals surface area contributed by atoms with E-state index in [1.807, 2.05) is 30.4 Å². The van der Waals surface area contributed by atoms with Crippen LogP contribution in [0.2, 0.25) is 0 Å². The van der Waals surface area contributed by atoms with Crippen LogP contribution in [0.5, 0.6) is 0 Å². The second-order valence-electron chi connectivity index (χ2n) is 7.52. The highest BCUT2D eigenvalue weighted by atomic mass is 16.5. The Bertz CT molecular complexity index is 582. The van der Waals surface area contributed by atoms with Crippen molar-refractivity contribution in [2.24, 2.45) is 11.5 Å². The molecule has 0 bridgehead atoms. The van der Waals surface area contributed by atoms with E-state index in [0.29, 0.717) is 25.8 Å². The van der Waals surface area contributed by atoms with Crippen LogP contribution in [0.3, 0.4) is 0 Å². The second-order valence-corrected chi connectivity index (χ2v) is 7.52. The summed E-state index contributed by atoms with van der Waals surface area (Å²) in [6, 6.07) is -0.613. The molecular formula is C25H42N2O4. The lowest BCUT2D eigenvalue weighted by molar-refractivity contribution is -0.149. The van der Waals surface area contributed by atoms with Crippen LogP contribution in [-0.4, -0.2) is 35.7 Å². The van der Waals surface area contributed by atoms with Crippen LogP contribution in [0.1, 0.15) is 77.6 Å². The van der Waals surface area contributed by atoms with Crippen molar-refractivity contribution in [2.45, 2.75) is 89.7 Å². The molecule has 0 aliphatic heterocycles. The quantitative estimate of drug-likeness (QED) is 0.116. The van der Waals surface area contributed by atoms with E-state index in [2.05, 4.69) is 25.2 Å². The van der Waals surface area contributed by atoms with Crippen LogP contribution in [0.25, 0.3) is 0 Å². The molecule has 0 amide bonds. The monoisotopic (exact) mass is 434 g/mol. The fourth-order valence-electron chi connectivity index (χ4n) is 2.76. The smallest absolute Gasteiger partial charge is 0.323 e. The van der Waals surface area contributed by atoms with E-state index < -0.39 is 12.0 Å². The van der Waals surface area contributed by atoms with Crippen molar-refractivity contribution in [3.63, 3.8) is 0 Å². The third kappa shape index (κ3) is 19.5. The van der Waals surface area contributed by atoms with Gasteiger partial charge in [0.05, 0.1) is 0 Å². The van der Waals surface area contributed by atoms with E-state index in [1.165, 1.54) is 0 Å². The van der Waals surface area contributed by atoms with Gasteiger partial charge < -0.3 is 21.3 Å². The maximum absolute atomic E-state index is 12.2. The number of esters is 1. The van der Waals surface area contributed by atoms with Crippen molar-refractivity contribution >= 4 is 11.9 Å². The maximum atomic E-state index is 12.2. The van der Waals surface area contributed by atoms with Crippen LogP contribution in [0, 0.1) is 0 Å². The third-order valence-corrected chi connectivity index (χ3v) is 4.59. The zero-order chi connectivity index (χ0) is 23.2. The molecule has 0 radical (unpaired) electrons. The number of hydrogen-bond acceptors (Lipinski definition) is 5. The van der Waals surface area contributed by atoms with Gasteiger partial charge in [0.25, 0.3) is 0 Å². The van der Waals surface area contributed by atoms with E-state index >= 15 is 0 Å². The summed E-state index contributed by atoms with van der Waals surface area (Å²) in [6.07, 6.45) is 24.5. The van der Waals surface area contributed by atoms with Crippen LogP contribution >= 0.6 is 0 Å². The van der Waals surface area contributed by atoms with Gasteiger partial charge >= 0.3 is 11.9 Å². The Morgan fingerprint density at radius 2 is 1.65 bits per heavy atom. The van der Waals surface area contributed by atoms with Crippen molar-refractivity contribution in [3.8, 4) is 0 Å². The first kappa shape index (κ1) is 28.8. The summed E-state index contributed by atoms with van der Waals surface area (Å²) in [6.45, 7) is 2.66. The highest BCUT2D eigenvalue weighted by Crippen LogP contribution is 2.10. The van der Waals surface area contributed by atoms with Crippen molar-refractivity contribution in [2.75, 3.05) is 6.54 Å². The number of ether oxygens (including phenoxy) is 1. The summed E-state index contributed by atoms with van der Waals surface area (Å²) in [4.78, 5) is 22.6. The molecule has 2 atom stereocenters. The SMILES string of the molecule is CCCCCC(C=CC=CCC=CCC=CCCCC(=O)O)OC(=O)[C@@H](N)CCCN. The average Bonchev–Trinajstić information content (AvgIpc) is 2.74. The second kappa shape index (κ2) is 21.1. The Balaban J connectivity index is 4.28. The first-order valence-electron chi connectivity index (χ1n) is 11.5. The van der Waals surface area contributed by atoms with E-state index in [1.54, 1.807) is 0 Å². The largest absolute Gasteiger partial charge is 0.481 e. The standard InChI is InChI=1S/C25H42N2O4/c1-2-3-13-17-22(31-25(30)23(27)19-16-21-26)18-14-11-9-7-5-4-6-8-10-12-15-20-24(28)29/h4-5,8-11,14,18,22-23H,2-3,6-7,12-13,15-17,19-21,26-27H2,1H3,(H,28,29)/t22?,23-/m0/s1. The fourth-order valence-corrected chi connectivity index (χ4v) is 2.76. The van der Waals surface area contributed by atoms with E-state index in [4.69, 9.17) is 21.3 Å². The molecule has 0 aromatic carbocycles. The number of hydrogen-bond donors (Lipinski definition) is 3. The van der Waals surface area contributed by atoms with Crippen molar-refractivity contribution in [1.82, 2.24) is 0 Å². The van der Waals surface area contributed by atoms with Gasteiger partial charge in [-0.05, 0) is 64.0 Å². The van der Waals surface area contributed by atoms with Crippen LogP contribution in [-0.2, 0) is 14.3 Å². The maximum Gasteiger partial charge on any atom is 0.323 e. The molecule has 6 heteroatoms. The van der Waals surface area contributed by atoms with Gasteiger partial charge in [-0.1, -0.05) is 62.3 Å². The zero-order valence-electron chi connectivity index (χ0n) is 19.1. The normalized spacial score (nSPS) is 14.2. The van der Waals surface area contributed by atoms with Gasteiger partial charge in [0.1, 0.15) is 12.1 Å². The highest BCUT2D eigenvalue weighted by molar-refractivity contribution is 5.75. The fraction of sp³-hybridized carbons (Fsp3) is 0.600. The lowest BCUT2D eigenvalue weighted by Gasteiger charge is -2.17. The molecule has 0 spiro atoms. The number of unbranched alkanes of at least 4 members (excludes halogenated alkanes) is 3. The summed E-state index contributed by atoms with van der Waals surface area (Å²) in [5.41, 5.74) is 11.4. The predicted octanol–water partition coefficient (Wildman–Crippen LogP) is 4.80. The molecule has 0 rings (SSSR count). The molecule has 0 aromatic heterocycles. The predicted molar refractivity (Wildman–Crippen MR) is 128 cm³/mol. The lowest BCUT2D eigenvalue weighted by atomic mass is 10.1. The molecule has 0 fully saturated rings. The number of carboxylic acid groups (broad SMARTS) is 1. The Morgan fingerprint density at radius 3 is 2.32 bits per heavy atom. The Labute approximate surface area is 188 Å². The van der Waals surface area contributed by atoms with Crippen LogP contribution in [0.15, 0.2) is 48.6 Å². The van der Waals surface area contributed by atoms with Gasteiger partial charge in [-0.25, -0.2) is 0 Å². The van der Waals surface area contributed by atoms with Crippen LogP contribution < -0.4 is 11.5 Å². The molecule has 176 valence electrons. The van der Waals surface area contributed by atoms with Gasteiger partial charge in [-0.3, -0.25) is 9.59 Å². The lowest BCUT2D eigenvalue weighted by Crippen LogP contribution is -2.35. The number of carboxylic acids is 1. The van der Waals surface area contributed by atoms with Gasteiger partial charge in [-0.2, -0.15) is 0 Å². The molecule has 0 aliphatic rings. The van der Waals surface area contributed by atoms with Crippen LogP contribution in [0.4, 0.5) is 0 Å². The van der Waals surface area contributed by atoms with Crippen molar-refractivity contribution < 1.29 is 19.4 Å². The van der Waals surface area contributed by atoms with Gasteiger partial charge in [0.2, 0.25) is 0 Å². The molecular weight excluding hydrogens is 392 g/mol. The molecule has 31 heavy (non-hydrogen) atoms. The number of carbonyl (C=O) groups excluding carboxylic acids is 1. The van der Waals surface area contributed by atoms with E-state index in [9.17, 15) is 9.59 Å². The third-order valence-electron chi connectivity index (χ3n) is 4.59. The summed E-state index contributed by atoms with van der Waals surface area (Å²) in [5, 5.41) is 8.56. The average molecular weight is 435 g/mol. The minimum atomic E-state index is -0.745. The molecule has 5 N–H and O–H groups in total. The summed E-state index contributed by atoms with van der Waals surface area (Å²) < 4.78 is 5.59. The Morgan fingerprint density at radius 1 is 0.935 bits per heavy atom. The van der Waals surface area contributed by atoms with E-state index in [0.717, 1.165) is 44.9 Å². The minimum absolute atomic E-state index is 0.220. The minimum Gasteiger partial charge on any atom is -0.481 e. The van der Waals surface area contributed by atoms with Crippen molar-refractivity contribution in [1.29, 1.82) is 0 Å². The first-order valence-corrected chi connectivity index (χ1v) is 11.5. The van der Waals surface area contributed by atoms with Gasteiger partial charge in [0.15, 0.2) is 0 Å². The summed E-state index contributed by atoms with van der Waals surface area (Å²) >= 11 is 0. The first-order chi connectivity index (χ1) is 15.0. The molecule has 6 nitrogen and oxygen atoms in total. The number of rotatable bonds is 19. The highest BCUT2D eigenvalue weighted by Gasteiger charge is 2.18. The molecule has 0 saturated heterocycles. The number of aliphatic carboxylic acids is 1. The summed E-state index contributed by atoms with van der Waals surface area (Å²) in [7, 11) is 0. The number of nitrogens with two attached hydrogens (primary N) is 2. The zero-order valence-corrected chi connectivity index (χ0v) is 19.1.